The van der Waals surface area contributed by atoms with Gasteiger partial charge in [0.15, 0.2) is 0 Å². The fourth-order valence-corrected chi connectivity index (χ4v) is 1.97. The first kappa shape index (κ1) is 15.4. The molecule has 6 nitrogen and oxygen atoms in total. The molecule has 0 aliphatic heterocycles. The molecule has 1 heterocycles. The van der Waals surface area contributed by atoms with E-state index >= 15 is 0 Å². The summed E-state index contributed by atoms with van der Waals surface area (Å²) in [4.78, 5) is 14.3. The number of anilines is 2. The highest BCUT2D eigenvalue weighted by molar-refractivity contribution is 9.10. The molecule has 0 bridgehead atoms. The molecule has 0 saturated carbocycles. The predicted octanol–water partition coefficient (Wildman–Crippen LogP) is 3.06. The lowest BCUT2D eigenvalue weighted by Gasteiger charge is -2.13. The van der Waals surface area contributed by atoms with Crippen LogP contribution in [0.2, 0.25) is 0 Å². The van der Waals surface area contributed by atoms with E-state index in [1.165, 1.54) is 12.1 Å². The second-order valence-electron chi connectivity index (χ2n) is 4.37. The molecule has 112 valence electrons. The van der Waals surface area contributed by atoms with Crippen molar-refractivity contribution in [1.82, 2.24) is 15.0 Å². The van der Waals surface area contributed by atoms with Gasteiger partial charge in [0.2, 0.25) is 11.9 Å². The van der Waals surface area contributed by atoms with E-state index in [2.05, 4.69) is 36.2 Å². The van der Waals surface area contributed by atoms with Crippen LogP contribution in [0.1, 0.15) is 6.92 Å². The molecule has 2 aromatic rings. The molecule has 0 spiro atoms. The molecular weight excluding hydrogens is 341 g/mol. The van der Waals surface area contributed by atoms with Crippen LogP contribution in [0.5, 0.6) is 11.8 Å². The maximum Gasteiger partial charge on any atom is 0.328 e. The third kappa shape index (κ3) is 4.25. The lowest BCUT2D eigenvalue weighted by molar-refractivity contribution is 0.436. The second-order valence-corrected chi connectivity index (χ2v) is 5.29. The molecule has 0 saturated heterocycles. The monoisotopic (exact) mass is 355 g/mol. The third-order valence-electron chi connectivity index (χ3n) is 2.38. The standard InChI is InChI=1S/C13H15BrFN5O/c1-4-16-11-17-12(20(2)3)19-13(18-11)21-10-6-8(14)5-9(15)7-10/h5-7H,4H2,1-3H3,(H,16,17,18,19). The van der Waals surface area contributed by atoms with E-state index < -0.39 is 5.82 Å². The quantitative estimate of drug-likeness (QED) is 0.889. The minimum atomic E-state index is -0.409. The average molecular weight is 356 g/mol. The fourth-order valence-electron chi connectivity index (χ4n) is 1.52. The van der Waals surface area contributed by atoms with Gasteiger partial charge < -0.3 is 15.0 Å². The number of nitrogens with zero attached hydrogens (tertiary/aromatic N) is 4. The number of hydrogen-bond acceptors (Lipinski definition) is 6. The zero-order valence-corrected chi connectivity index (χ0v) is 13.5. The molecule has 1 N–H and O–H groups in total. The van der Waals surface area contributed by atoms with E-state index in [1.807, 2.05) is 21.0 Å². The molecule has 2 rings (SSSR count). The normalized spacial score (nSPS) is 10.3. The molecule has 21 heavy (non-hydrogen) atoms. The van der Waals surface area contributed by atoms with E-state index in [9.17, 15) is 4.39 Å². The summed E-state index contributed by atoms with van der Waals surface area (Å²) < 4.78 is 19.4. The van der Waals surface area contributed by atoms with Crippen molar-refractivity contribution in [3.05, 3.63) is 28.5 Å². The van der Waals surface area contributed by atoms with Gasteiger partial charge in [-0.2, -0.15) is 15.0 Å². The topological polar surface area (TPSA) is 63.2 Å². The van der Waals surface area contributed by atoms with Gasteiger partial charge in [-0.1, -0.05) is 15.9 Å². The second kappa shape index (κ2) is 6.66. The van der Waals surface area contributed by atoms with E-state index in [4.69, 9.17) is 4.74 Å². The van der Waals surface area contributed by atoms with Gasteiger partial charge in [0.1, 0.15) is 11.6 Å². The molecule has 0 aliphatic carbocycles. The molecule has 0 fully saturated rings. The van der Waals surface area contributed by atoms with Crippen molar-refractivity contribution in [2.24, 2.45) is 0 Å². The van der Waals surface area contributed by atoms with Gasteiger partial charge in [0.25, 0.3) is 0 Å². The van der Waals surface area contributed by atoms with Gasteiger partial charge in [0, 0.05) is 31.2 Å². The van der Waals surface area contributed by atoms with Gasteiger partial charge in [-0.05, 0) is 19.1 Å². The first-order chi connectivity index (χ1) is 9.97. The highest BCUT2D eigenvalue weighted by Gasteiger charge is 2.10. The molecule has 0 aliphatic rings. The predicted molar refractivity (Wildman–Crippen MR) is 82.5 cm³/mol. The average Bonchev–Trinajstić information content (AvgIpc) is 2.37. The van der Waals surface area contributed by atoms with E-state index in [0.717, 1.165) is 0 Å². The Kier molecular flexibility index (Phi) is 4.89. The van der Waals surface area contributed by atoms with Crippen LogP contribution in [0, 0.1) is 5.82 Å². The lowest BCUT2D eigenvalue weighted by atomic mass is 10.3. The maximum atomic E-state index is 13.4. The zero-order valence-electron chi connectivity index (χ0n) is 11.9. The summed E-state index contributed by atoms with van der Waals surface area (Å²) in [7, 11) is 3.63. The number of ether oxygens (including phenoxy) is 1. The zero-order chi connectivity index (χ0) is 15.4. The number of halogens is 2. The Morgan fingerprint density at radius 3 is 2.62 bits per heavy atom. The number of nitrogens with one attached hydrogen (secondary N) is 1. The summed E-state index contributed by atoms with van der Waals surface area (Å²) in [5, 5.41) is 3.00. The van der Waals surface area contributed by atoms with Gasteiger partial charge in [-0.25, -0.2) is 4.39 Å². The Labute approximate surface area is 130 Å². The van der Waals surface area contributed by atoms with Crippen LogP contribution in [0.4, 0.5) is 16.3 Å². The van der Waals surface area contributed by atoms with Gasteiger partial charge in [0.05, 0.1) is 0 Å². The van der Waals surface area contributed by atoms with Crippen LogP contribution in [-0.2, 0) is 0 Å². The van der Waals surface area contributed by atoms with Crippen LogP contribution < -0.4 is 15.0 Å². The largest absolute Gasteiger partial charge is 0.424 e. The molecule has 0 amide bonds. The Balaban J connectivity index is 2.33. The van der Waals surface area contributed by atoms with E-state index in [1.54, 1.807) is 11.0 Å². The first-order valence-corrected chi connectivity index (χ1v) is 7.08. The van der Waals surface area contributed by atoms with Gasteiger partial charge in [-0.15, -0.1) is 0 Å². The maximum absolute atomic E-state index is 13.4. The minimum absolute atomic E-state index is 0.0992. The number of benzene rings is 1. The van der Waals surface area contributed by atoms with Crippen molar-refractivity contribution in [3.8, 4) is 11.8 Å². The van der Waals surface area contributed by atoms with Crippen molar-refractivity contribution in [2.45, 2.75) is 6.92 Å². The van der Waals surface area contributed by atoms with Crippen LogP contribution in [-0.4, -0.2) is 35.6 Å². The fraction of sp³-hybridized carbons (Fsp3) is 0.308. The van der Waals surface area contributed by atoms with Crippen LogP contribution in [0.15, 0.2) is 22.7 Å². The summed E-state index contributed by atoms with van der Waals surface area (Å²) >= 11 is 3.21. The smallest absolute Gasteiger partial charge is 0.328 e. The molecule has 1 aromatic carbocycles. The number of rotatable bonds is 5. The Morgan fingerprint density at radius 2 is 2.00 bits per heavy atom. The molecular formula is C13H15BrFN5O. The van der Waals surface area contributed by atoms with Gasteiger partial charge >= 0.3 is 6.01 Å². The molecule has 8 heteroatoms. The van der Waals surface area contributed by atoms with E-state index in [-0.39, 0.29) is 6.01 Å². The van der Waals surface area contributed by atoms with Crippen LogP contribution in [0.3, 0.4) is 0 Å². The van der Waals surface area contributed by atoms with Crippen LogP contribution >= 0.6 is 15.9 Å². The Hall–Kier alpha value is -1.96. The van der Waals surface area contributed by atoms with Crippen molar-refractivity contribution < 1.29 is 9.13 Å². The molecule has 0 atom stereocenters. The van der Waals surface area contributed by atoms with Crippen molar-refractivity contribution in [2.75, 3.05) is 30.9 Å². The number of hydrogen-bond donors (Lipinski definition) is 1. The minimum Gasteiger partial charge on any atom is -0.424 e. The molecule has 0 unspecified atom stereocenters. The van der Waals surface area contributed by atoms with Crippen molar-refractivity contribution in [3.63, 3.8) is 0 Å². The summed E-state index contributed by atoms with van der Waals surface area (Å²) in [6.07, 6.45) is 0. The first-order valence-electron chi connectivity index (χ1n) is 6.29. The van der Waals surface area contributed by atoms with E-state index in [0.29, 0.717) is 28.7 Å². The lowest BCUT2D eigenvalue weighted by Crippen LogP contribution is -2.15. The molecule has 0 radical (unpaired) electrons. The van der Waals surface area contributed by atoms with Gasteiger partial charge in [-0.3, -0.25) is 0 Å². The third-order valence-corrected chi connectivity index (χ3v) is 2.84. The summed E-state index contributed by atoms with van der Waals surface area (Å²) in [6, 6.07) is 4.34. The highest BCUT2D eigenvalue weighted by Crippen LogP contribution is 2.25. The number of aromatic nitrogens is 3. The Bertz CT molecular complexity index is 618. The van der Waals surface area contributed by atoms with Crippen molar-refractivity contribution >= 4 is 27.8 Å². The Morgan fingerprint density at radius 1 is 1.24 bits per heavy atom. The molecule has 1 aromatic heterocycles. The van der Waals surface area contributed by atoms with Crippen LogP contribution in [0.25, 0.3) is 0 Å². The van der Waals surface area contributed by atoms with Crippen molar-refractivity contribution in [1.29, 1.82) is 0 Å². The SMILES string of the molecule is CCNc1nc(Oc2cc(F)cc(Br)c2)nc(N(C)C)n1. The highest BCUT2D eigenvalue weighted by atomic mass is 79.9. The summed E-state index contributed by atoms with van der Waals surface area (Å²) in [5.74, 6) is 0.751. The summed E-state index contributed by atoms with van der Waals surface area (Å²) in [5.41, 5.74) is 0. The summed E-state index contributed by atoms with van der Waals surface area (Å²) in [6.45, 7) is 2.60.